The standard InChI is InChI=1S/C25H33ClF5N5O5S/c1-5-36-20(15-11-32-17(10-16(15)41-22(27)28)34-23(2,3)12-25(29,30)31)18(26)19(35-36)21(37)33-13-24(38)8-6-14(7-9-24)42(4,39)40/h10-11,14,22,38H,5-9,12-13H2,1-4H3,(H,32,34)(H,33,37)/t14-,24-. The molecule has 0 saturated heterocycles. The number of aryl methyl sites for hydroxylation is 1. The lowest BCUT2D eigenvalue weighted by Crippen LogP contribution is -2.47. The van der Waals surface area contributed by atoms with Crippen molar-refractivity contribution in [3.8, 4) is 17.0 Å². The number of rotatable bonds is 11. The quantitative estimate of drug-likeness (QED) is 0.296. The summed E-state index contributed by atoms with van der Waals surface area (Å²) in [5.41, 5.74) is -3.24. The molecule has 0 atom stereocenters. The molecule has 2 aromatic heterocycles. The summed E-state index contributed by atoms with van der Waals surface area (Å²) in [7, 11) is -3.26. The van der Waals surface area contributed by atoms with Crippen LogP contribution in [0, 0.1) is 0 Å². The smallest absolute Gasteiger partial charge is 0.391 e. The highest BCUT2D eigenvalue weighted by atomic mass is 35.5. The van der Waals surface area contributed by atoms with E-state index in [1.165, 1.54) is 18.5 Å². The summed E-state index contributed by atoms with van der Waals surface area (Å²) in [6.45, 7) is 0.805. The van der Waals surface area contributed by atoms with Gasteiger partial charge in [-0.05, 0) is 46.5 Å². The third kappa shape index (κ3) is 8.66. The molecule has 2 heterocycles. The highest BCUT2D eigenvalue weighted by Crippen LogP contribution is 2.39. The Kier molecular flexibility index (Phi) is 10.0. The SMILES string of the molecule is CCn1nc(C(=O)NC[C@]2(O)CC[C@H](S(C)(=O)=O)CC2)c(Cl)c1-c1cnc(NC(C)(C)CC(F)(F)F)cc1OC(F)F. The molecular weight excluding hydrogens is 613 g/mol. The molecule has 3 N–H and O–H groups in total. The fourth-order valence-corrected chi connectivity index (χ4v) is 6.32. The summed E-state index contributed by atoms with van der Waals surface area (Å²) >= 11 is 6.51. The third-order valence-corrected chi connectivity index (χ3v) is 8.94. The average molecular weight is 646 g/mol. The number of hydrogen-bond donors (Lipinski definition) is 3. The molecule has 17 heteroatoms. The summed E-state index contributed by atoms with van der Waals surface area (Å²) < 4.78 is 95.0. The summed E-state index contributed by atoms with van der Waals surface area (Å²) in [6.07, 6.45) is -2.75. The number of aliphatic hydroxyl groups is 1. The monoisotopic (exact) mass is 645 g/mol. The van der Waals surface area contributed by atoms with Crippen LogP contribution in [0.4, 0.5) is 27.8 Å². The minimum atomic E-state index is -4.50. The fraction of sp³-hybridized carbons (Fsp3) is 0.640. The van der Waals surface area contributed by atoms with Gasteiger partial charge in [-0.2, -0.15) is 27.1 Å². The maximum absolute atomic E-state index is 13.3. The van der Waals surface area contributed by atoms with Gasteiger partial charge in [0, 0.05) is 37.1 Å². The highest BCUT2D eigenvalue weighted by Gasteiger charge is 2.38. The summed E-state index contributed by atoms with van der Waals surface area (Å²) in [5.74, 6) is -1.41. The van der Waals surface area contributed by atoms with Gasteiger partial charge in [0.1, 0.15) is 21.4 Å². The van der Waals surface area contributed by atoms with Crippen LogP contribution < -0.4 is 15.4 Å². The molecule has 1 amide bonds. The van der Waals surface area contributed by atoms with Crippen molar-refractivity contribution < 1.29 is 45.0 Å². The van der Waals surface area contributed by atoms with Crippen LogP contribution in [-0.4, -0.2) is 76.2 Å². The molecular formula is C25H33ClF5N5O5S. The van der Waals surface area contributed by atoms with Crippen LogP contribution >= 0.6 is 11.6 Å². The van der Waals surface area contributed by atoms with Gasteiger partial charge in [-0.1, -0.05) is 11.6 Å². The third-order valence-electron chi connectivity index (χ3n) is 6.90. The zero-order valence-electron chi connectivity index (χ0n) is 23.4. The molecule has 236 valence electrons. The number of ether oxygens (including phenoxy) is 1. The van der Waals surface area contributed by atoms with Crippen molar-refractivity contribution >= 4 is 33.2 Å². The largest absolute Gasteiger partial charge is 0.434 e. The molecule has 0 aromatic carbocycles. The lowest BCUT2D eigenvalue weighted by molar-refractivity contribution is -0.142. The van der Waals surface area contributed by atoms with Crippen molar-refractivity contribution in [3.05, 3.63) is 23.0 Å². The molecule has 1 saturated carbocycles. The number of carbonyl (C=O) groups is 1. The van der Waals surface area contributed by atoms with E-state index in [2.05, 4.69) is 25.5 Å². The van der Waals surface area contributed by atoms with Gasteiger partial charge in [0.05, 0.1) is 33.6 Å². The van der Waals surface area contributed by atoms with Crippen LogP contribution in [-0.2, 0) is 16.4 Å². The van der Waals surface area contributed by atoms with Crippen LogP contribution in [0.2, 0.25) is 5.02 Å². The number of carbonyl (C=O) groups excluding carboxylic acids is 1. The highest BCUT2D eigenvalue weighted by molar-refractivity contribution is 7.91. The normalized spacial score (nSPS) is 20.0. The maximum atomic E-state index is 13.3. The molecule has 0 aliphatic heterocycles. The molecule has 1 aliphatic carbocycles. The summed E-state index contributed by atoms with van der Waals surface area (Å²) in [4.78, 5) is 17.1. The van der Waals surface area contributed by atoms with Crippen LogP contribution in [0.5, 0.6) is 5.75 Å². The average Bonchev–Trinajstić information content (AvgIpc) is 3.16. The second-order valence-electron chi connectivity index (χ2n) is 11.0. The number of halogens is 6. The summed E-state index contributed by atoms with van der Waals surface area (Å²) in [5, 5.41) is 19.4. The van der Waals surface area contributed by atoms with Gasteiger partial charge in [0.15, 0.2) is 5.69 Å². The molecule has 42 heavy (non-hydrogen) atoms. The Bertz CT molecular complexity index is 1390. The maximum Gasteiger partial charge on any atom is 0.391 e. The van der Waals surface area contributed by atoms with Gasteiger partial charge in [-0.15, -0.1) is 0 Å². The van der Waals surface area contributed by atoms with Crippen LogP contribution in [0.25, 0.3) is 11.3 Å². The van der Waals surface area contributed by atoms with E-state index < -0.39 is 57.1 Å². The number of anilines is 1. The Morgan fingerprint density at radius 1 is 1.29 bits per heavy atom. The topological polar surface area (TPSA) is 135 Å². The van der Waals surface area contributed by atoms with Crippen molar-refractivity contribution in [2.45, 2.75) is 88.6 Å². The lowest BCUT2D eigenvalue weighted by atomic mass is 9.84. The fourth-order valence-electron chi connectivity index (χ4n) is 4.90. The second-order valence-corrected chi connectivity index (χ2v) is 13.7. The van der Waals surface area contributed by atoms with Gasteiger partial charge < -0.3 is 20.5 Å². The van der Waals surface area contributed by atoms with E-state index in [-0.39, 0.29) is 66.6 Å². The van der Waals surface area contributed by atoms with E-state index in [4.69, 9.17) is 11.6 Å². The first-order chi connectivity index (χ1) is 19.2. The molecule has 1 aliphatic rings. The zero-order chi connectivity index (χ0) is 31.7. The van der Waals surface area contributed by atoms with Crippen LogP contribution in [0.15, 0.2) is 12.3 Å². The number of hydrogen-bond acceptors (Lipinski definition) is 8. The van der Waals surface area contributed by atoms with Gasteiger partial charge in [0.25, 0.3) is 5.91 Å². The van der Waals surface area contributed by atoms with Crippen LogP contribution in [0.1, 0.15) is 63.4 Å². The minimum absolute atomic E-state index is 0.000871. The molecule has 0 radical (unpaired) electrons. The van der Waals surface area contributed by atoms with Crippen molar-refractivity contribution in [1.82, 2.24) is 20.1 Å². The molecule has 10 nitrogen and oxygen atoms in total. The minimum Gasteiger partial charge on any atom is -0.434 e. The Morgan fingerprint density at radius 2 is 1.90 bits per heavy atom. The number of amides is 1. The molecule has 0 bridgehead atoms. The van der Waals surface area contributed by atoms with Crippen molar-refractivity contribution in [2.75, 3.05) is 18.1 Å². The van der Waals surface area contributed by atoms with Crippen molar-refractivity contribution in [3.63, 3.8) is 0 Å². The number of sulfone groups is 1. The van der Waals surface area contributed by atoms with E-state index in [1.54, 1.807) is 6.92 Å². The predicted molar refractivity (Wildman–Crippen MR) is 146 cm³/mol. The molecule has 0 spiro atoms. The van der Waals surface area contributed by atoms with Gasteiger partial charge >= 0.3 is 12.8 Å². The van der Waals surface area contributed by atoms with E-state index in [1.807, 2.05) is 0 Å². The van der Waals surface area contributed by atoms with Gasteiger partial charge in [-0.25, -0.2) is 13.4 Å². The Hall–Kier alpha value is -2.72. The van der Waals surface area contributed by atoms with Crippen molar-refractivity contribution in [1.29, 1.82) is 0 Å². The zero-order valence-corrected chi connectivity index (χ0v) is 24.9. The van der Waals surface area contributed by atoms with E-state index in [0.29, 0.717) is 0 Å². The molecule has 2 aromatic rings. The molecule has 1 fully saturated rings. The van der Waals surface area contributed by atoms with E-state index >= 15 is 0 Å². The van der Waals surface area contributed by atoms with E-state index in [9.17, 15) is 40.3 Å². The second kappa shape index (κ2) is 12.5. The Morgan fingerprint density at radius 3 is 2.43 bits per heavy atom. The first kappa shape index (κ1) is 33.8. The van der Waals surface area contributed by atoms with Crippen molar-refractivity contribution in [2.24, 2.45) is 0 Å². The Labute approximate surface area is 244 Å². The van der Waals surface area contributed by atoms with Gasteiger partial charge in [0.2, 0.25) is 0 Å². The first-order valence-electron chi connectivity index (χ1n) is 13.0. The Balaban J connectivity index is 1.87. The van der Waals surface area contributed by atoms with Gasteiger partial charge in [-0.3, -0.25) is 9.48 Å². The predicted octanol–water partition coefficient (Wildman–Crippen LogP) is 4.81. The molecule has 0 unspecified atom stereocenters. The number of alkyl halides is 5. The van der Waals surface area contributed by atoms with Crippen LogP contribution in [0.3, 0.4) is 0 Å². The lowest BCUT2D eigenvalue weighted by Gasteiger charge is -2.35. The number of nitrogens with zero attached hydrogens (tertiary/aromatic N) is 3. The summed E-state index contributed by atoms with van der Waals surface area (Å²) in [6, 6.07) is 1.01. The number of aromatic nitrogens is 3. The molecule has 3 rings (SSSR count). The first-order valence-corrected chi connectivity index (χ1v) is 15.3. The van der Waals surface area contributed by atoms with E-state index in [0.717, 1.165) is 18.5 Å². The number of pyridine rings is 1. The number of nitrogens with one attached hydrogen (secondary N) is 2.